The van der Waals surface area contributed by atoms with E-state index >= 15 is 0 Å². The SMILES string of the molecule is O=C(NCCCN1CCOC1=O)C(Sc1ccccc1)c1ccccc1. The van der Waals surface area contributed by atoms with Crippen LogP contribution < -0.4 is 5.32 Å². The van der Waals surface area contributed by atoms with Crippen molar-refractivity contribution in [2.45, 2.75) is 16.6 Å². The van der Waals surface area contributed by atoms with Crippen molar-refractivity contribution in [2.75, 3.05) is 26.2 Å². The number of nitrogens with one attached hydrogen (secondary N) is 1. The van der Waals surface area contributed by atoms with Crippen LogP contribution in [0.2, 0.25) is 0 Å². The number of ether oxygens (including phenoxy) is 1. The second-order valence-electron chi connectivity index (χ2n) is 5.97. The van der Waals surface area contributed by atoms with Gasteiger partial charge in [0, 0.05) is 18.0 Å². The van der Waals surface area contributed by atoms with Crippen molar-refractivity contribution in [1.29, 1.82) is 0 Å². The van der Waals surface area contributed by atoms with Crippen molar-refractivity contribution >= 4 is 23.8 Å². The lowest BCUT2D eigenvalue weighted by atomic mass is 10.1. The number of carbonyl (C=O) groups excluding carboxylic acids is 2. The minimum Gasteiger partial charge on any atom is -0.448 e. The summed E-state index contributed by atoms with van der Waals surface area (Å²) in [6.07, 6.45) is 0.441. The highest BCUT2D eigenvalue weighted by Crippen LogP contribution is 2.35. The molecule has 1 saturated heterocycles. The molecule has 6 heteroatoms. The van der Waals surface area contributed by atoms with Gasteiger partial charge in [0.1, 0.15) is 11.9 Å². The molecule has 1 atom stereocenters. The van der Waals surface area contributed by atoms with Gasteiger partial charge < -0.3 is 15.0 Å². The predicted molar refractivity (Wildman–Crippen MR) is 102 cm³/mol. The van der Waals surface area contributed by atoms with E-state index in [1.807, 2.05) is 60.7 Å². The Hall–Kier alpha value is -2.47. The molecule has 0 spiro atoms. The molecular weight excluding hydrogens is 348 g/mol. The number of amides is 2. The zero-order valence-corrected chi connectivity index (χ0v) is 15.3. The summed E-state index contributed by atoms with van der Waals surface area (Å²) < 4.78 is 4.90. The normalized spacial score (nSPS) is 14.8. The molecule has 1 fully saturated rings. The summed E-state index contributed by atoms with van der Waals surface area (Å²) in [5.74, 6) is -0.0194. The Kier molecular flexibility index (Phi) is 6.55. The maximum atomic E-state index is 12.8. The Balaban J connectivity index is 1.57. The van der Waals surface area contributed by atoms with Crippen LogP contribution in [0, 0.1) is 0 Å². The minimum absolute atomic E-state index is 0.0194. The molecule has 1 unspecified atom stereocenters. The van der Waals surface area contributed by atoms with Gasteiger partial charge in [-0.3, -0.25) is 4.79 Å². The third-order valence-electron chi connectivity index (χ3n) is 4.09. The van der Waals surface area contributed by atoms with E-state index in [9.17, 15) is 9.59 Å². The van der Waals surface area contributed by atoms with Crippen LogP contribution in [0.25, 0.3) is 0 Å². The highest BCUT2D eigenvalue weighted by molar-refractivity contribution is 8.00. The second kappa shape index (κ2) is 9.29. The highest BCUT2D eigenvalue weighted by atomic mass is 32.2. The first kappa shape index (κ1) is 18.3. The van der Waals surface area contributed by atoms with Crippen LogP contribution in [0.1, 0.15) is 17.2 Å². The zero-order valence-electron chi connectivity index (χ0n) is 14.5. The maximum Gasteiger partial charge on any atom is 0.409 e. The Bertz CT molecular complexity index is 724. The summed E-state index contributed by atoms with van der Waals surface area (Å²) in [7, 11) is 0. The zero-order chi connectivity index (χ0) is 18.2. The summed E-state index contributed by atoms with van der Waals surface area (Å²) in [5, 5.41) is 2.69. The van der Waals surface area contributed by atoms with Crippen molar-refractivity contribution in [3.63, 3.8) is 0 Å². The first-order valence-corrected chi connectivity index (χ1v) is 9.58. The van der Waals surface area contributed by atoms with Gasteiger partial charge in [0.2, 0.25) is 5.91 Å². The largest absolute Gasteiger partial charge is 0.448 e. The Morgan fingerprint density at radius 1 is 1.12 bits per heavy atom. The Labute approximate surface area is 157 Å². The quantitative estimate of drug-likeness (QED) is 0.571. The molecule has 1 aliphatic heterocycles. The van der Waals surface area contributed by atoms with Gasteiger partial charge in [-0.2, -0.15) is 0 Å². The first-order valence-electron chi connectivity index (χ1n) is 8.70. The molecule has 0 aliphatic carbocycles. The van der Waals surface area contributed by atoms with Gasteiger partial charge in [0.15, 0.2) is 0 Å². The third-order valence-corrected chi connectivity index (χ3v) is 5.35. The summed E-state index contributed by atoms with van der Waals surface area (Å²) in [5.41, 5.74) is 0.974. The molecule has 0 aromatic heterocycles. The van der Waals surface area contributed by atoms with Crippen LogP contribution in [-0.4, -0.2) is 43.1 Å². The minimum atomic E-state index is -0.310. The lowest BCUT2D eigenvalue weighted by Gasteiger charge is -2.18. The van der Waals surface area contributed by atoms with Gasteiger partial charge in [-0.1, -0.05) is 48.5 Å². The first-order chi connectivity index (χ1) is 12.7. The van der Waals surface area contributed by atoms with Crippen molar-refractivity contribution < 1.29 is 14.3 Å². The van der Waals surface area contributed by atoms with E-state index in [4.69, 9.17) is 4.74 Å². The lowest BCUT2D eigenvalue weighted by molar-refractivity contribution is -0.120. The monoisotopic (exact) mass is 370 g/mol. The molecule has 2 amide bonds. The number of hydrogen-bond acceptors (Lipinski definition) is 4. The van der Waals surface area contributed by atoms with Crippen LogP contribution >= 0.6 is 11.8 Å². The van der Waals surface area contributed by atoms with Crippen molar-refractivity contribution in [3.8, 4) is 0 Å². The van der Waals surface area contributed by atoms with E-state index in [0.717, 1.165) is 10.5 Å². The fourth-order valence-corrected chi connectivity index (χ4v) is 3.81. The fraction of sp³-hybridized carbons (Fsp3) is 0.300. The molecule has 0 radical (unpaired) electrons. The number of hydrogen-bond donors (Lipinski definition) is 1. The maximum absolute atomic E-state index is 12.8. The van der Waals surface area contributed by atoms with E-state index in [0.29, 0.717) is 32.7 Å². The number of benzene rings is 2. The van der Waals surface area contributed by atoms with Crippen LogP contribution in [-0.2, 0) is 9.53 Å². The smallest absolute Gasteiger partial charge is 0.409 e. The van der Waals surface area contributed by atoms with Gasteiger partial charge in [-0.05, 0) is 24.1 Å². The molecular formula is C20H22N2O3S. The van der Waals surface area contributed by atoms with Crippen LogP contribution in [0.4, 0.5) is 4.79 Å². The van der Waals surface area contributed by atoms with E-state index in [1.165, 1.54) is 11.8 Å². The average Bonchev–Trinajstić information content (AvgIpc) is 3.09. The molecule has 3 rings (SSSR count). The molecule has 136 valence electrons. The molecule has 2 aromatic carbocycles. The standard InChI is InChI=1S/C20H22N2O3S/c23-19(21-12-7-13-22-14-15-25-20(22)24)18(16-8-3-1-4-9-16)26-17-10-5-2-6-11-17/h1-6,8-11,18H,7,12-15H2,(H,21,23). The van der Waals surface area contributed by atoms with Gasteiger partial charge in [0.05, 0.1) is 6.54 Å². The topological polar surface area (TPSA) is 58.6 Å². The van der Waals surface area contributed by atoms with Gasteiger partial charge in [-0.25, -0.2) is 4.79 Å². The Morgan fingerprint density at radius 3 is 2.46 bits per heavy atom. The van der Waals surface area contributed by atoms with Crippen LogP contribution in [0.3, 0.4) is 0 Å². The van der Waals surface area contributed by atoms with Crippen molar-refractivity contribution in [3.05, 3.63) is 66.2 Å². The second-order valence-corrected chi connectivity index (χ2v) is 7.15. The number of thioether (sulfide) groups is 1. The van der Waals surface area contributed by atoms with Crippen LogP contribution in [0.5, 0.6) is 0 Å². The van der Waals surface area contributed by atoms with Gasteiger partial charge >= 0.3 is 6.09 Å². The van der Waals surface area contributed by atoms with E-state index < -0.39 is 0 Å². The van der Waals surface area contributed by atoms with Gasteiger partial charge in [0.25, 0.3) is 0 Å². The Morgan fingerprint density at radius 2 is 1.81 bits per heavy atom. The van der Waals surface area contributed by atoms with E-state index in [1.54, 1.807) is 4.90 Å². The average molecular weight is 370 g/mol. The predicted octanol–water partition coefficient (Wildman–Crippen LogP) is 3.48. The number of cyclic esters (lactones) is 1. The number of nitrogens with zero attached hydrogens (tertiary/aromatic N) is 1. The molecule has 5 nitrogen and oxygen atoms in total. The summed E-state index contributed by atoms with van der Waals surface area (Å²) in [6, 6.07) is 19.7. The number of carbonyl (C=O) groups is 2. The third kappa shape index (κ3) is 5.02. The molecule has 26 heavy (non-hydrogen) atoms. The molecule has 1 heterocycles. The molecule has 0 bridgehead atoms. The highest BCUT2D eigenvalue weighted by Gasteiger charge is 2.23. The summed E-state index contributed by atoms with van der Waals surface area (Å²) >= 11 is 1.54. The van der Waals surface area contributed by atoms with Crippen molar-refractivity contribution in [1.82, 2.24) is 10.2 Å². The van der Waals surface area contributed by atoms with Crippen LogP contribution in [0.15, 0.2) is 65.6 Å². The lowest BCUT2D eigenvalue weighted by Crippen LogP contribution is -2.32. The molecule has 1 N–H and O–H groups in total. The number of rotatable bonds is 8. The van der Waals surface area contributed by atoms with Gasteiger partial charge in [-0.15, -0.1) is 11.8 Å². The van der Waals surface area contributed by atoms with E-state index in [2.05, 4.69) is 5.32 Å². The molecule has 1 aliphatic rings. The molecule has 2 aromatic rings. The fourth-order valence-electron chi connectivity index (χ4n) is 2.74. The van der Waals surface area contributed by atoms with E-state index in [-0.39, 0.29) is 17.3 Å². The molecule has 0 saturated carbocycles. The summed E-state index contributed by atoms with van der Waals surface area (Å²) in [4.78, 5) is 26.9. The summed E-state index contributed by atoms with van der Waals surface area (Å²) in [6.45, 7) is 2.21. The van der Waals surface area contributed by atoms with Crippen molar-refractivity contribution in [2.24, 2.45) is 0 Å².